The molecule has 1 aliphatic heterocycles. The third-order valence-corrected chi connectivity index (χ3v) is 4.35. The summed E-state index contributed by atoms with van der Waals surface area (Å²) in [4.78, 5) is 17.4. The Bertz CT molecular complexity index is 716. The quantitative estimate of drug-likeness (QED) is 0.853. The number of amides is 1. The molecule has 0 bridgehead atoms. The van der Waals surface area contributed by atoms with Gasteiger partial charge in [0.15, 0.2) is 0 Å². The zero-order chi connectivity index (χ0) is 14.6. The van der Waals surface area contributed by atoms with Crippen molar-refractivity contribution in [2.24, 2.45) is 5.92 Å². The predicted molar refractivity (Wildman–Crippen MR) is 73.9 cm³/mol. The van der Waals surface area contributed by atoms with Gasteiger partial charge in [0.2, 0.25) is 0 Å². The molecule has 5 nitrogen and oxygen atoms in total. The molecule has 1 aliphatic carbocycles. The lowest BCUT2D eigenvalue weighted by molar-refractivity contribution is 0.120. The maximum atomic E-state index is 14.3. The number of anilines is 1. The summed E-state index contributed by atoms with van der Waals surface area (Å²) in [7, 11) is 0. The average molecular weight is 287 g/mol. The number of aromatic nitrogens is 2. The van der Waals surface area contributed by atoms with Crippen LogP contribution in [0.25, 0.3) is 5.69 Å². The summed E-state index contributed by atoms with van der Waals surface area (Å²) in [5.41, 5.74) is 0.576. The Labute approximate surface area is 121 Å². The van der Waals surface area contributed by atoms with E-state index in [1.54, 1.807) is 29.1 Å². The van der Waals surface area contributed by atoms with Gasteiger partial charge in [-0.1, -0.05) is 6.92 Å². The smallest absolute Gasteiger partial charge is 0.415 e. The van der Waals surface area contributed by atoms with Crippen molar-refractivity contribution in [3.05, 3.63) is 42.7 Å². The van der Waals surface area contributed by atoms with Crippen molar-refractivity contribution in [2.75, 3.05) is 11.4 Å². The number of imidazole rings is 1. The van der Waals surface area contributed by atoms with Crippen molar-refractivity contribution < 1.29 is 13.9 Å². The molecule has 1 aromatic heterocycles. The Balaban J connectivity index is 1.65. The van der Waals surface area contributed by atoms with Gasteiger partial charge < -0.3 is 9.30 Å². The molecule has 2 aliphatic rings. The van der Waals surface area contributed by atoms with E-state index in [9.17, 15) is 9.18 Å². The van der Waals surface area contributed by atoms with Gasteiger partial charge in [0.05, 0.1) is 24.2 Å². The lowest BCUT2D eigenvalue weighted by Gasteiger charge is -2.14. The van der Waals surface area contributed by atoms with Crippen LogP contribution in [0.1, 0.15) is 13.3 Å². The van der Waals surface area contributed by atoms with Gasteiger partial charge in [0.1, 0.15) is 11.4 Å². The van der Waals surface area contributed by atoms with Crippen LogP contribution in [-0.4, -0.2) is 27.8 Å². The Morgan fingerprint density at radius 1 is 1.48 bits per heavy atom. The van der Waals surface area contributed by atoms with E-state index in [1.165, 1.54) is 17.3 Å². The molecule has 2 fully saturated rings. The van der Waals surface area contributed by atoms with Crippen molar-refractivity contribution in [1.82, 2.24) is 9.55 Å². The van der Waals surface area contributed by atoms with Crippen LogP contribution in [0.3, 0.4) is 0 Å². The minimum absolute atomic E-state index is 0.351. The molecule has 1 saturated carbocycles. The number of carbonyl (C=O) groups is 1. The fourth-order valence-corrected chi connectivity index (χ4v) is 2.89. The van der Waals surface area contributed by atoms with Crippen LogP contribution in [-0.2, 0) is 4.74 Å². The predicted octanol–water partition coefficient (Wildman–Crippen LogP) is 2.75. The highest BCUT2D eigenvalue weighted by molar-refractivity contribution is 5.91. The number of hydrogen-bond donors (Lipinski definition) is 0. The number of ether oxygens (including phenoxy) is 1. The summed E-state index contributed by atoms with van der Waals surface area (Å²) >= 11 is 0. The third kappa shape index (κ3) is 1.82. The van der Waals surface area contributed by atoms with Gasteiger partial charge in [-0.25, -0.2) is 14.2 Å². The van der Waals surface area contributed by atoms with Gasteiger partial charge in [-0.2, -0.15) is 0 Å². The van der Waals surface area contributed by atoms with Crippen LogP contribution >= 0.6 is 0 Å². The molecule has 2 atom stereocenters. The largest absolute Gasteiger partial charge is 0.440 e. The summed E-state index contributed by atoms with van der Waals surface area (Å²) in [5, 5.41) is 0. The Morgan fingerprint density at radius 3 is 2.86 bits per heavy atom. The standard InChI is InChI=1S/C15H14FN3O2/c1-10-7-15(10)8-19(14(20)21-15)11-2-3-13(12(16)6-11)18-5-4-17-9-18/h2-6,9-10H,7-8H2,1H3. The molecule has 2 unspecified atom stereocenters. The lowest BCUT2D eigenvalue weighted by Crippen LogP contribution is -2.25. The highest BCUT2D eigenvalue weighted by Gasteiger charge is 2.61. The number of halogens is 1. The number of rotatable bonds is 2. The third-order valence-electron chi connectivity index (χ3n) is 4.35. The van der Waals surface area contributed by atoms with Gasteiger partial charge >= 0.3 is 6.09 Å². The first kappa shape index (κ1) is 12.4. The van der Waals surface area contributed by atoms with Crippen molar-refractivity contribution >= 4 is 11.8 Å². The fraction of sp³-hybridized carbons (Fsp3) is 0.333. The van der Waals surface area contributed by atoms with Crippen LogP contribution in [0.4, 0.5) is 14.9 Å². The Kier molecular flexibility index (Phi) is 2.40. The molecule has 2 aromatic rings. The minimum Gasteiger partial charge on any atom is -0.440 e. The highest BCUT2D eigenvalue weighted by Crippen LogP contribution is 2.51. The van der Waals surface area contributed by atoms with Crippen molar-refractivity contribution in [2.45, 2.75) is 18.9 Å². The molecule has 1 spiro atoms. The average Bonchev–Trinajstić information content (AvgIpc) is 2.88. The molecule has 1 amide bonds. The maximum absolute atomic E-state index is 14.3. The lowest BCUT2D eigenvalue weighted by atomic mass is 10.2. The van der Waals surface area contributed by atoms with E-state index in [2.05, 4.69) is 11.9 Å². The van der Waals surface area contributed by atoms with E-state index in [-0.39, 0.29) is 5.60 Å². The number of carbonyl (C=O) groups excluding carboxylic acids is 1. The van der Waals surface area contributed by atoms with Gasteiger partial charge in [0.25, 0.3) is 0 Å². The summed E-state index contributed by atoms with van der Waals surface area (Å²) in [6.45, 7) is 2.55. The number of nitrogens with zero attached hydrogens (tertiary/aromatic N) is 3. The van der Waals surface area contributed by atoms with E-state index in [0.29, 0.717) is 23.8 Å². The van der Waals surface area contributed by atoms with Crippen molar-refractivity contribution in [3.8, 4) is 5.69 Å². The highest BCUT2D eigenvalue weighted by atomic mass is 19.1. The number of hydrogen-bond acceptors (Lipinski definition) is 3. The van der Waals surface area contributed by atoms with Crippen molar-refractivity contribution in [1.29, 1.82) is 0 Å². The molecule has 108 valence electrons. The van der Waals surface area contributed by atoms with Crippen LogP contribution in [0, 0.1) is 11.7 Å². The van der Waals surface area contributed by atoms with Crippen LogP contribution in [0.15, 0.2) is 36.9 Å². The summed E-state index contributed by atoms with van der Waals surface area (Å²) in [6.07, 6.45) is 5.27. The van der Waals surface area contributed by atoms with Gasteiger partial charge in [-0.3, -0.25) is 4.90 Å². The first-order valence-corrected chi connectivity index (χ1v) is 6.87. The molecule has 0 N–H and O–H groups in total. The van der Waals surface area contributed by atoms with E-state index < -0.39 is 11.9 Å². The second kappa shape index (κ2) is 4.07. The second-order valence-electron chi connectivity index (χ2n) is 5.73. The zero-order valence-electron chi connectivity index (χ0n) is 11.5. The fourth-order valence-electron chi connectivity index (χ4n) is 2.89. The first-order chi connectivity index (χ1) is 10.1. The molecule has 2 heterocycles. The Morgan fingerprint density at radius 2 is 2.29 bits per heavy atom. The Hall–Kier alpha value is -2.37. The van der Waals surface area contributed by atoms with E-state index in [1.807, 2.05) is 0 Å². The second-order valence-corrected chi connectivity index (χ2v) is 5.73. The molecular weight excluding hydrogens is 273 g/mol. The van der Waals surface area contributed by atoms with Gasteiger partial charge in [0, 0.05) is 18.3 Å². The number of benzene rings is 1. The molecule has 0 radical (unpaired) electrons. The SMILES string of the molecule is CC1CC12CN(c1ccc(-n3ccnc3)c(F)c1)C(=O)O2. The summed E-state index contributed by atoms with van der Waals surface area (Å²) < 4.78 is 21.3. The maximum Gasteiger partial charge on any atom is 0.415 e. The van der Waals surface area contributed by atoms with Crippen LogP contribution in [0.5, 0.6) is 0 Å². The molecule has 1 aromatic carbocycles. The van der Waals surface area contributed by atoms with E-state index in [4.69, 9.17) is 4.74 Å². The summed E-state index contributed by atoms with van der Waals surface area (Å²) in [6, 6.07) is 4.73. The first-order valence-electron chi connectivity index (χ1n) is 6.87. The molecule has 1 saturated heterocycles. The topological polar surface area (TPSA) is 47.4 Å². The monoisotopic (exact) mass is 287 g/mol. The van der Waals surface area contributed by atoms with Crippen LogP contribution in [0.2, 0.25) is 0 Å². The summed E-state index contributed by atoms with van der Waals surface area (Å²) in [5.74, 6) is -0.0235. The van der Waals surface area contributed by atoms with Crippen LogP contribution < -0.4 is 4.90 Å². The molecule has 21 heavy (non-hydrogen) atoms. The van der Waals surface area contributed by atoms with E-state index >= 15 is 0 Å². The van der Waals surface area contributed by atoms with E-state index in [0.717, 1.165) is 6.42 Å². The normalized spacial score (nSPS) is 27.2. The zero-order valence-corrected chi connectivity index (χ0v) is 11.5. The molecule has 4 rings (SSSR count). The van der Waals surface area contributed by atoms with Crippen molar-refractivity contribution in [3.63, 3.8) is 0 Å². The molecule has 6 heteroatoms. The minimum atomic E-state index is -0.400. The molecular formula is C15H14FN3O2. The van der Waals surface area contributed by atoms with Gasteiger partial charge in [-0.15, -0.1) is 0 Å². The van der Waals surface area contributed by atoms with Gasteiger partial charge in [-0.05, 0) is 24.6 Å².